The molecular weight excluding hydrogens is 347 g/mol. The number of halogens is 2. The summed E-state index contributed by atoms with van der Waals surface area (Å²) in [4.78, 5) is 12.1. The Morgan fingerprint density at radius 3 is 2.67 bits per heavy atom. The molecule has 2 N–H and O–H groups in total. The largest absolute Gasteiger partial charge is 0.493 e. The van der Waals surface area contributed by atoms with E-state index in [9.17, 15) is 4.79 Å². The summed E-state index contributed by atoms with van der Waals surface area (Å²) < 4.78 is 5.65. The maximum absolute atomic E-state index is 12.1. The van der Waals surface area contributed by atoms with Gasteiger partial charge in [0, 0.05) is 11.8 Å². The van der Waals surface area contributed by atoms with Gasteiger partial charge in [0.2, 0.25) is 5.91 Å². The summed E-state index contributed by atoms with van der Waals surface area (Å²) in [7, 11) is 0. The summed E-state index contributed by atoms with van der Waals surface area (Å²) in [5.74, 6) is 0.981. The first-order chi connectivity index (χ1) is 11.5. The van der Waals surface area contributed by atoms with E-state index in [1.165, 1.54) is 0 Å². The van der Waals surface area contributed by atoms with Crippen LogP contribution in [-0.4, -0.2) is 19.1 Å². The first-order valence-electron chi connectivity index (χ1n) is 7.66. The van der Waals surface area contributed by atoms with E-state index in [1.807, 2.05) is 18.2 Å². The van der Waals surface area contributed by atoms with Crippen LogP contribution >= 0.6 is 23.2 Å². The highest BCUT2D eigenvalue weighted by molar-refractivity contribution is 6.43. The van der Waals surface area contributed by atoms with Crippen LogP contribution in [0.15, 0.2) is 42.5 Å². The lowest BCUT2D eigenvalue weighted by Gasteiger charge is -2.12. The van der Waals surface area contributed by atoms with Crippen molar-refractivity contribution in [2.24, 2.45) is 5.92 Å². The third-order valence-corrected chi connectivity index (χ3v) is 3.91. The normalized spacial score (nSPS) is 10.5. The van der Waals surface area contributed by atoms with Crippen LogP contribution in [0.4, 0.5) is 11.4 Å². The molecule has 0 unspecified atom stereocenters. The summed E-state index contributed by atoms with van der Waals surface area (Å²) in [6.45, 7) is 4.87. The number of rotatable bonds is 7. The standard InChI is InChI=1S/C18H20Cl2N2O2/c1-12(2)11-24-14-6-3-5-13(9-14)22-17(23)10-21-16-8-4-7-15(19)18(16)20/h3-9,12,21H,10-11H2,1-2H3,(H,22,23). The summed E-state index contributed by atoms with van der Waals surface area (Å²) >= 11 is 12.0. The van der Waals surface area contributed by atoms with Crippen molar-refractivity contribution in [1.82, 2.24) is 0 Å². The van der Waals surface area contributed by atoms with Gasteiger partial charge in [-0.3, -0.25) is 4.79 Å². The predicted molar refractivity (Wildman–Crippen MR) is 100 cm³/mol. The monoisotopic (exact) mass is 366 g/mol. The van der Waals surface area contributed by atoms with Crippen molar-refractivity contribution in [2.75, 3.05) is 23.8 Å². The molecule has 24 heavy (non-hydrogen) atoms. The van der Waals surface area contributed by atoms with Gasteiger partial charge in [0.25, 0.3) is 0 Å². The Morgan fingerprint density at radius 2 is 1.92 bits per heavy atom. The molecule has 6 heteroatoms. The second-order valence-electron chi connectivity index (χ2n) is 5.74. The van der Waals surface area contributed by atoms with Crippen LogP contribution < -0.4 is 15.4 Å². The molecule has 0 saturated heterocycles. The van der Waals surface area contributed by atoms with Crippen molar-refractivity contribution in [1.29, 1.82) is 0 Å². The van der Waals surface area contributed by atoms with Crippen LogP contribution in [0.5, 0.6) is 5.75 Å². The van der Waals surface area contributed by atoms with Gasteiger partial charge in [0.05, 0.1) is 28.9 Å². The van der Waals surface area contributed by atoms with E-state index in [2.05, 4.69) is 24.5 Å². The predicted octanol–water partition coefficient (Wildman–Crippen LogP) is 5.08. The molecule has 0 fully saturated rings. The minimum absolute atomic E-state index is 0.0805. The molecule has 0 radical (unpaired) electrons. The first-order valence-corrected chi connectivity index (χ1v) is 8.42. The van der Waals surface area contributed by atoms with Crippen LogP contribution in [0.1, 0.15) is 13.8 Å². The first kappa shape index (κ1) is 18.4. The van der Waals surface area contributed by atoms with Crippen molar-refractivity contribution < 1.29 is 9.53 Å². The minimum atomic E-state index is -0.188. The fraction of sp³-hybridized carbons (Fsp3) is 0.278. The quantitative estimate of drug-likeness (QED) is 0.718. The Morgan fingerprint density at radius 1 is 1.17 bits per heavy atom. The Labute approximate surface area is 152 Å². The molecule has 0 atom stereocenters. The van der Waals surface area contributed by atoms with Gasteiger partial charge in [-0.15, -0.1) is 0 Å². The Kier molecular flexibility index (Phi) is 6.76. The van der Waals surface area contributed by atoms with Gasteiger partial charge in [-0.1, -0.05) is 49.2 Å². The number of carbonyl (C=O) groups excluding carboxylic acids is 1. The number of benzene rings is 2. The lowest BCUT2D eigenvalue weighted by atomic mass is 10.2. The van der Waals surface area contributed by atoms with Crippen LogP contribution in [0, 0.1) is 5.92 Å². The highest BCUT2D eigenvalue weighted by atomic mass is 35.5. The van der Waals surface area contributed by atoms with Crippen LogP contribution in [0.2, 0.25) is 10.0 Å². The zero-order valence-corrected chi connectivity index (χ0v) is 15.1. The van der Waals surface area contributed by atoms with Gasteiger partial charge >= 0.3 is 0 Å². The molecule has 0 saturated carbocycles. The fourth-order valence-corrected chi connectivity index (χ4v) is 2.31. The van der Waals surface area contributed by atoms with E-state index in [0.29, 0.717) is 33.9 Å². The van der Waals surface area contributed by atoms with E-state index in [4.69, 9.17) is 27.9 Å². The smallest absolute Gasteiger partial charge is 0.243 e. The van der Waals surface area contributed by atoms with E-state index >= 15 is 0 Å². The molecule has 1 amide bonds. The number of ether oxygens (including phenoxy) is 1. The molecule has 0 spiro atoms. The van der Waals surface area contributed by atoms with Crippen molar-refractivity contribution in [3.05, 3.63) is 52.5 Å². The molecule has 0 bridgehead atoms. The maximum Gasteiger partial charge on any atom is 0.243 e. The lowest BCUT2D eigenvalue weighted by molar-refractivity contribution is -0.114. The molecule has 0 aliphatic carbocycles. The number of amides is 1. The summed E-state index contributed by atoms with van der Waals surface area (Å²) in [5, 5.41) is 6.63. The van der Waals surface area contributed by atoms with E-state index in [0.717, 1.165) is 5.75 Å². The second kappa shape index (κ2) is 8.81. The van der Waals surface area contributed by atoms with Gasteiger partial charge in [0.15, 0.2) is 0 Å². The van der Waals surface area contributed by atoms with Gasteiger partial charge in [-0.25, -0.2) is 0 Å². The Hall–Kier alpha value is -1.91. The molecule has 2 aromatic rings. The van der Waals surface area contributed by atoms with Crippen LogP contribution in [0.25, 0.3) is 0 Å². The van der Waals surface area contributed by atoms with Crippen molar-refractivity contribution in [2.45, 2.75) is 13.8 Å². The highest BCUT2D eigenvalue weighted by Crippen LogP contribution is 2.29. The maximum atomic E-state index is 12.1. The average molecular weight is 367 g/mol. The second-order valence-corrected chi connectivity index (χ2v) is 6.52. The summed E-state index contributed by atoms with van der Waals surface area (Å²) in [6, 6.07) is 12.5. The number of nitrogens with one attached hydrogen (secondary N) is 2. The fourth-order valence-electron chi connectivity index (χ4n) is 1.95. The van der Waals surface area contributed by atoms with E-state index in [1.54, 1.807) is 24.3 Å². The van der Waals surface area contributed by atoms with Gasteiger partial charge in [-0.05, 0) is 30.2 Å². The van der Waals surface area contributed by atoms with Crippen molar-refractivity contribution in [3.63, 3.8) is 0 Å². The van der Waals surface area contributed by atoms with Gasteiger partial charge in [0.1, 0.15) is 5.75 Å². The van der Waals surface area contributed by atoms with Crippen LogP contribution in [0.3, 0.4) is 0 Å². The molecular formula is C18H20Cl2N2O2. The summed E-state index contributed by atoms with van der Waals surface area (Å²) in [6.07, 6.45) is 0. The third kappa shape index (κ3) is 5.62. The molecule has 0 aliphatic heterocycles. The van der Waals surface area contributed by atoms with Gasteiger partial charge < -0.3 is 15.4 Å². The Bertz CT molecular complexity index is 705. The number of hydrogen-bond acceptors (Lipinski definition) is 3. The minimum Gasteiger partial charge on any atom is -0.493 e. The van der Waals surface area contributed by atoms with E-state index in [-0.39, 0.29) is 12.5 Å². The van der Waals surface area contributed by atoms with Crippen molar-refractivity contribution in [3.8, 4) is 5.75 Å². The average Bonchev–Trinajstić information content (AvgIpc) is 2.55. The number of hydrogen-bond donors (Lipinski definition) is 2. The molecule has 2 rings (SSSR count). The molecule has 4 nitrogen and oxygen atoms in total. The van der Waals surface area contributed by atoms with Crippen molar-refractivity contribution >= 4 is 40.5 Å². The molecule has 0 aliphatic rings. The van der Waals surface area contributed by atoms with E-state index < -0.39 is 0 Å². The molecule has 128 valence electrons. The third-order valence-electron chi connectivity index (χ3n) is 3.09. The molecule has 2 aromatic carbocycles. The molecule has 0 aromatic heterocycles. The SMILES string of the molecule is CC(C)COc1cccc(NC(=O)CNc2cccc(Cl)c2Cl)c1. The topological polar surface area (TPSA) is 50.4 Å². The zero-order chi connectivity index (χ0) is 17.5. The lowest BCUT2D eigenvalue weighted by Crippen LogP contribution is -2.21. The molecule has 0 heterocycles. The number of anilines is 2. The number of carbonyl (C=O) groups is 1. The van der Waals surface area contributed by atoms with Crippen LogP contribution in [-0.2, 0) is 4.79 Å². The highest BCUT2D eigenvalue weighted by Gasteiger charge is 2.07. The van der Waals surface area contributed by atoms with Gasteiger partial charge in [-0.2, -0.15) is 0 Å². The Balaban J connectivity index is 1.90. The zero-order valence-electron chi connectivity index (χ0n) is 13.6. The summed E-state index contributed by atoms with van der Waals surface area (Å²) in [5.41, 5.74) is 1.30.